The first-order valence-electron chi connectivity index (χ1n) is 9.09. The fraction of sp³-hybridized carbons (Fsp3) is 0.333. The van der Waals surface area contributed by atoms with Crippen LogP contribution in [0, 0.1) is 0 Å². The minimum Gasteiger partial charge on any atom is -0.480 e. The van der Waals surface area contributed by atoms with Gasteiger partial charge in [-0.1, -0.05) is 60.8 Å². The molecule has 1 fully saturated rings. The van der Waals surface area contributed by atoms with E-state index >= 15 is 0 Å². The Bertz CT molecular complexity index is 838. The monoisotopic (exact) mass is 421 g/mol. The van der Waals surface area contributed by atoms with Gasteiger partial charge in [-0.2, -0.15) is 0 Å². The lowest BCUT2D eigenvalue weighted by Gasteiger charge is -2.44. The highest BCUT2D eigenvalue weighted by atomic mass is 35.5. The summed E-state index contributed by atoms with van der Waals surface area (Å²) in [6.07, 6.45) is 0.480. The number of carbonyl (C=O) groups excluding carboxylic acids is 1. The molecule has 2 aromatic rings. The molecule has 28 heavy (non-hydrogen) atoms. The summed E-state index contributed by atoms with van der Waals surface area (Å²) >= 11 is 12.0. The smallest absolute Gasteiger partial charge is 0.326 e. The number of carboxylic acid groups (broad SMARTS) is 1. The first-order valence-corrected chi connectivity index (χ1v) is 9.84. The van der Waals surface area contributed by atoms with Crippen LogP contribution in [0.2, 0.25) is 10.0 Å². The van der Waals surface area contributed by atoms with Crippen molar-refractivity contribution in [2.45, 2.75) is 38.0 Å². The van der Waals surface area contributed by atoms with Crippen molar-refractivity contribution in [3.63, 3.8) is 0 Å². The van der Waals surface area contributed by atoms with Gasteiger partial charge >= 0.3 is 5.97 Å². The number of benzene rings is 2. The number of ether oxygens (including phenoxy) is 1. The largest absolute Gasteiger partial charge is 0.480 e. The lowest BCUT2D eigenvalue weighted by atomic mass is 9.91. The van der Waals surface area contributed by atoms with Gasteiger partial charge in [0, 0.05) is 10.0 Å². The third kappa shape index (κ3) is 4.32. The van der Waals surface area contributed by atoms with E-state index in [1.807, 2.05) is 19.1 Å². The Labute approximate surface area is 173 Å². The van der Waals surface area contributed by atoms with E-state index in [-0.39, 0.29) is 12.5 Å². The van der Waals surface area contributed by atoms with Gasteiger partial charge in [0.2, 0.25) is 5.91 Å². The number of carboxylic acids is 1. The number of halogens is 2. The quantitative estimate of drug-likeness (QED) is 0.720. The highest BCUT2D eigenvalue weighted by molar-refractivity contribution is 6.30. The van der Waals surface area contributed by atoms with Crippen molar-refractivity contribution in [2.75, 3.05) is 6.61 Å². The molecule has 0 aliphatic carbocycles. The summed E-state index contributed by atoms with van der Waals surface area (Å²) in [4.78, 5) is 26.2. The van der Waals surface area contributed by atoms with Crippen molar-refractivity contribution in [1.82, 2.24) is 4.90 Å². The lowest BCUT2D eigenvalue weighted by molar-refractivity contribution is -0.171. The molecule has 5 nitrogen and oxygen atoms in total. The summed E-state index contributed by atoms with van der Waals surface area (Å²) in [7, 11) is 0. The van der Waals surface area contributed by atoms with Gasteiger partial charge in [-0.15, -0.1) is 0 Å². The number of aliphatic carboxylic acids is 1. The number of hydrogen-bond acceptors (Lipinski definition) is 3. The van der Waals surface area contributed by atoms with Crippen LogP contribution in [0.4, 0.5) is 0 Å². The van der Waals surface area contributed by atoms with E-state index in [1.165, 1.54) is 4.90 Å². The molecule has 1 N–H and O–H groups in total. The predicted octanol–water partition coefficient (Wildman–Crippen LogP) is 4.89. The molecule has 0 spiro atoms. The van der Waals surface area contributed by atoms with Crippen molar-refractivity contribution in [3.8, 4) is 0 Å². The van der Waals surface area contributed by atoms with Crippen LogP contribution in [-0.4, -0.2) is 34.5 Å². The number of rotatable bonds is 6. The van der Waals surface area contributed by atoms with E-state index in [2.05, 4.69) is 0 Å². The second-order valence-corrected chi connectivity index (χ2v) is 7.60. The predicted molar refractivity (Wildman–Crippen MR) is 108 cm³/mol. The van der Waals surface area contributed by atoms with E-state index in [0.717, 1.165) is 11.1 Å². The highest BCUT2D eigenvalue weighted by Crippen LogP contribution is 2.42. The second-order valence-electron chi connectivity index (χ2n) is 6.72. The zero-order valence-corrected chi connectivity index (χ0v) is 16.9. The van der Waals surface area contributed by atoms with Crippen molar-refractivity contribution in [3.05, 3.63) is 69.7 Å². The third-order valence-electron chi connectivity index (χ3n) is 4.85. The summed E-state index contributed by atoms with van der Waals surface area (Å²) < 4.78 is 5.89. The van der Waals surface area contributed by atoms with Crippen LogP contribution in [0.3, 0.4) is 0 Å². The average Bonchev–Trinajstić information content (AvgIpc) is 2.67. The van der Waals surface area contributed by atoms with Gasteiger partial charge < -0.3 is 14.7 Å². The summed E-state index contributed by atoms with van der Waals surface area (Å²) in [6.45, 7) is 1.72. The summed E-state index contributed by atoms with van der Waals surface area (Å²) in [5.41, 5.74) is 1.59. The van der Waals surface area contributed by atoms with Crippen LogP contribution in [0.5, 0.6) is 0 Å². The normalized spacial score (nSPS) is 20.8. The molecule has 3 atom stereocenters. The minimum atomic E-state index is -1.02. The summed E-state index contributed by atoms with van der Waals surface area (Å²) in [5, 5.41) is 11.0. The van der Waals surface area contributed by atoms with Gasteiger partial charge in [0.15, 0.2) is 0 Å². The molecule has 148 valence electrons. The molecule has 3 rings (SSSR count). The van der Waals surface area contributed by atoms with E-state index in [9.17, 15) is 14.7 Å². The van der Waals surface area contributed by atoms with Gasteiger partial charge in [-0.3, -0.25) is 4.79 Å². The van der Waals surface area contributed by atoms with Crippen molar-refractivity contribution >= 4 is 35.1 Å². The zero-order valence-electron chi connectivity index (χ0n) is 15.3. The standard InChI is InChI=1S/C21H21Cl2NO4/c1-2-3-17(21(26)27)24-18(25)12-28-20(14-6-10-16(23)11-7-14)19(24)13-4-8-15(22)9-5-13/h4-11,17,19-20H,2-3,12H2,1H3,(H,26,27)/t17?,19-,20+/m0/s1. The first-order chi connectivity index (χ1) is 13.4. The van der Waals surface area contributed by atoms with Crippen LogP contribution in [0.15, 0.2) is 48.5 Å². The molecule has 1 heterocycles. The Morgan fingerprint density at radius 1 is 1.11 bits per heavy atom. The van der Waals surface area contributed by atoms with Crippen LogP contribution < -0.4 is 0 Å². The Morgan fingerprint density at radius 2 is 1.64 bits per heavy atom. The van der Waals surface area contributed by atoms with Crippen molar-refractivity contribution in [2.24, 2.45) is 0 Å². The van der Waals surface area contributed by atoms with Crippen molar-refractivity contribution in [1.29, 1.82) is 0 Å². The molecule has 2 aromatic carbocycles. The van der Waals surface area contributed by atoms with E-state index in [0.29, 0.717) is 22.9 Å². The average molecular weight is 422 g/mol. The van der Waals surface area contributed by atoms with Gasteiger partial charge in [0.1, 0.15) is 18.8 Å². The Balaban J connectivity index is 2.11. The first kappa shape index (κ1) is 20.6. The fourth-order valence-electron chi connectivity index (χ4n) is 3.58. The Kier molecular flexibility index (Phi) is 6.60. The van der Waals surface area contributed by atoms with Crippen molar-refractivity contribution < 1.29 is 19.4 Å². The minimum absolute atomic E-state index is 0.176. The van der Waals surface area contributed by atoms with Gasteiger partial charge in [-0.05, 0) is 41.8 Å². The van der Waals surface area contributed by atoms with Crippen LogP contribution in [-0.2, 0) is 14.3 Å². The van der Waals surface area contributed by atoms with Crippen LogP contribution in [0.1, 0.15) is 43.0 Å². The molecule has 0 radical (unpaired) electrons. The van der Waals surface area contributed by atoms with Gasteiger partial charge in [0.05, 0.1) is 6.04 Å². The molecule has 1 unspecified atom stereocenters. The Hall–Kier alpha value is -2.08. The van der Waals surface area contributed by atoms with Crippen LogP contribution in [0.25, 0.3) is 0 Å². The third-order valence-corrected chi connectivity index (χ3v) is 5.36. The number of amides is 1. The molecule has 7 heteroatoms. The fourth-order valence-corrected chi connectivity index (χ4v) is 3.83. The number of nitrogens with zero attached hydrogens (tertiary/aromatic N) is 1. The lowest BCUT2D eigenvalue weighted by Crippen LogP contribution is -2.53. The van der Waals surface area contributed by atoms with E-state index < -0.39 is 24.2 Å². The maximum atomic E-state index is 12.8. The molecule has 1 amide bonds. The van der Waals surface area contributed by atoms with Crippen LogP contribution >= 0.6 is 23.2 Å². The maximum absolute atomic E-state index is 12.8. The zero-order chi connectivity index (χ0) is 20.3. The molecule has 0 bridgehead atoms. The number of hydrogen-bond donors (Lipinski definition) is 1. The molecular formula is C21H21Cl2NO4. The van der Waals surface area contributed by atoms with Gasteiger partial charge in [0.25, 0.3) is 0 Å². The summed E-state index contributed by atoms with van der Waals surface area (Å²) in [6, 6.07) is 12.7. The number of morpholine rings is 1. The molecule has 1 saturated heterocycles. The van der Waals surface area contributed by atoms with E-state index in [1.54, 1.807) is 36.4 Å². The molecule has 0 saturated carbocycles. The summed E-state index contributed by atoms with van der Waals surface area (Å²) in [5.74, 6) is -1.36. The highest BCUT2D eigenvalue weighted by Gasteiger charge is 2.44. The SMILES string of the molecule is CCCC(C(=O)O)N1C(=O)CO[C@H](c2ccc(Cl)cc2)[C@@H]1c1ccc(Cl)cc1. The molecular weight excluding hydrogens is 401 g/mol. The Morgan fingerprint density at radius 3 is 2.14 bits per heavy atom. The van der Waals surface area contributed by atoms with E-state index in [4.69, 9.17) is 27.9 Å². The maximum Gasteiger partial charge on any atom is 0.326 e. The molecule has 0 aromatic heterocycles. The second kappa shape index (κ2) is 8.95. The number of carbonyl (C=O) groups is 2. The van der Waals surface area contributed by atoms with Gasteiger partial charge in [-0.25, -0.2) is 4.79 Å². The topological polar surface area (TPSA) is 66.8 Å². The molecule has 1 aliphatic heterocycles. The molecule has 1 aliphatic rings.